The number of carboxylic acid groups (broad SMARTS) is 1. The molecule has 1 unspecified atom stereocenters. The van der Waals surface area contributed by atoms with E-state index in [0.29, 0.717) is 18.4 Å². The standard InChI is InChI=1S/C13H18O4S/c1-3-9-18(16,17)12-8-6-5-7-11(12)10(4-2)13(14)15/h5-8,10H,3-4,9H2,1-2H3,(H,14,15). The van der Waals surface area contributed by atoms with Gasteiger partial charge in [0.05, 0.1) is 16.6 Å². The van der Waals surface area contributed by atoms with Crippen LogP contribution < -0.4 is 0 Å². The van der Waals surface area contributed by atoms with Crippen molar-refractivity contribution in [2.75, 3.05) is 5.75 Å². The van der Waals surface area contributed by atoms with Crippen LogP contribution in [0, 0.1) is 0 Å². The molecule has 0 saturated heterocycles. The van der Waals surface area contributed by atoms with Crippen molar-refractivity contribution in [3.05, 3.63) is 29.8 Å². The van der Waals surface area contributed by atoms with Gasteiger partial charge in [0.1, 0.15) is 0 Å². The van der Waals surface area contributed by atoms with Crippen LogP contribution in [0.2, 0.25) is 0 Å². The van der Waals surface area contributed by atoms with Crippen molar-refractivity contribution in [3.63, 3.8) is 0 Å². The molecule has 1 atom stereocenters. The highest BCUT2D eigenvalue weighted by Gasteiger charge is 2.25. The summed E-state index contributed by atoms with van der Waals surface area (Å²) in [7, 11) is -3.39. The van der Waals surface area contributed by atoms with Gasteiger partial charge in [0.15, 0.2) is 9.84 Å². The van der Waals surface area contributed by atoms with Crippen LogP contribution in [0.5, 0.6) is 0 Å². The van der Waals surface area contributed by atoms with E-state index in [4.69, 9.17) is 5.11 Å². The monoisotopic (exact) mass is 270 g/mol. The van der Waals surface area contributed by atoms with Gasteiger partial charge in [-0.1, -0.05) is 32.0 Å². The van der Waals surface area contributed by atoms with Gasteiger partial charge in [0.2, 0.25) is 0 Å². The number of carbonyl (C=O) groups is 1. The van der Waals surface area contributed by atoms with E-state index >= 15 is 0 Å². The predicted molar refractivity (Wildman–Crippen MR) is 69.5 cm³/mol. The van der Waals surface area contributed by atoms with Crippen LogP contribution in [0.25, 0.3) is 0 Å². The summed E-state index contributed by atoms with van der Waals surface area (Å²) in [5, 5.41) is 9.15. The molecule has 0 heterocycles. The van der Waals surface area contributed by atoms with Gasteiger partial charge in [-0.25, -0.2) is 8.42 Å². The highest BCUT2D eigenvalue weighted by Crippen LogP contribution is 2.27. The van der Waals surface area contributed by atoms with Crippen LogP contribution in [-0.2, 0) is 14.6 Å². The van der Waals surface area contributed by atoms with Crippen LogP contribution in [-0.4, -0.2) is 25.2 Å². The molecular weight excluding hydrogens is 252 g/mol. The molecule has 1 aromatic rings. The fourth-order valence-corrected chi connectivity index (χ4v) is 3.57. The molecule has 100 valence electrons. The van der Waals surface area contributed by atoms with E-state index in [2.05, 4.69) is 0 Å². The predicted octanol–water partition coefficient (Wildman–Crippen LogP) is 2.45. The molecule has 0 saturated carbocycles. The molecule has 0 spiro atoms. The zero-order valence-corrected chi connectivity index (χ0v) is 11.4. The fraction of sp³-hybridized carbons (Fsp3) is 0.462. The first-order valence-corrected chi connectivity index (χ1v) is 7.63. The SMILES string of the molecule is CCCS(=O)(=O)c1ccccc1C(CC)C(=O)O. The molecule has 0 aliphatic carbocycles. The number of aliphatic carboxylic acids is 1. The Morgan fingerprint density at radius 3 is 2.39 bits per heavy atom. The van der Waals surface area contributed by atoms with E-state index in [9.17, 15) is 13.2 Å². The number of carboxylic acids is 1. The summed E-state index contributed by atoms with van der Waals surface area (Å²) in [6, 6.07) is 6.38. The van der Waals surface area contributed by atoms with Gasteiger partial charge in [-0.2, -0.15) is 0 Å². The lowest BCUT2D eigenvalue weighted by atomic mass is 9.97. The number of rotatable bonds is 6. The second kappa shape index (κ2) is 6.00. The second-order valence-corrected chi connectivity index (χ2v) is 6.23. The molecule has 1 rings (SSSR count). The van der Waals surface area contributed by atoms with Crippen LogP contribution in [0.15, 0.2) is 29.2 Å². The van der Waals surface area contributed by atoms with Gasteiger partial charge in [0.25, 0.3) is 0 Å². The molecule has 5 heteroatoms. The number of benzene rings is 1. The van der Waals surface area contributed by atoms with Crippen molar-refractivity contribution in [1.82, 2.24) is 0 Å². The largest absolute Gasteiger partial charge is 0.481 e. The summed E-state index contributed by atoms with van der Waals surface area (Å²) < 4.78 is 24.2. The van der Waals surface area contributed by atoms with Crippen molar-refractivity contribution in [2.45, 2.75) is 37.5 Å². The first-order chi connectivity index (χ1) is 8.44. The fourth-order valence-electron chi connectivity index (χ4n) is 1.96. The van der Waals surface area contributed by atoms with E-state index in [1.54, 1.807) is 32.0 Å². The average Bonchev–Trinajstić information content (AvgIpc) is 2.30. The van der Waals surface area contributed by atoms with E-state index in [1.807, 2.05) is 0 Å². The van der Waals surface area contributed by atoms with Crippen molar-refractivity contribution in [3.8, 4) is 0 Å². The number of hydrogen-bond donors (Lipinski definition) is 1. The molecule has 0 radical (unpaired) electrons. The van der Waals surface area contributed by atoms with Crippen LogP contribution >= 0.6 is 0 Å². The van der Waals surface area contributed by atoms with Crippen LogP contribution in [0.4, 0.5) is 0 Å². The number of sulfone groups is 1. The van der Waals surface area contributed by atoms with Crippen molar-refractivity contribution in [2.24, 2.45) is 0 Å². The summed E-state index contributed by atoms with van der Waals surface area (Å²) in [4.78, 5) is 11.3. The zero-order chi connectivity index (χ0) is 13.8. The summed E-state index contributed by atoms with van der Waals surface area (Å²) in [5.41, 5.74) is 0.390. The first-order valence-electron chi connectivity index (χ1n) is 5.98. The maximum absolute atomic E-state index is 12.1. The van der Waals surface area contributed by atoms with E-state index < -0.39 is 21.7 Å². The molecule has 1 aromatic carbocycles. The quantitative estimate of drug-likeness (QED) is 0.861. The van der Waals surface area contributed by atoms with Crippen molar-refractivity contribution < 1.29 is 18.3 Å². The molecule has 0 amide bonds. The van der Waals surface area contributed by atoms with E-state index in [-0.39, 0.29) is 10.6 Å². The molecule has 0 bridgehead atoms. The first kappa shape index (κ1) is 14.7. The highest BCUT2D eigenvalue weighted by molar-refractivity contribution is 7.91. The van der Waals surface area contributed by atoms with E-state index in [1.165, 1.54) is 6.07 Å². The Bertz CT molecular complexity index is 520. The van der Waals surface area contributed by atoms with Gasteiger partial charge >= 0.3 is 5.97 Å². The van der Waals surface area contributed by atoms with Crippen LogP contribution in [0.3, 0.4) is 0 Å². The summed E-state index contributed by atoms with van der Waals surface area (Å²) >= 11 is 0. The maximum Gasteiger partial charge on any atom is 0.311 e. The topological polar surface area (TPSA) is 71.4 Å². The molecule has 0 aliphatic heterocycles. The third kappa shape index (κ3) is 3.10. The maximum atomic E-state index is 12.1. The summed E-state index contributed by atoms with van der Waals surface area (Å²) in [5.74, 6) is -1.72. The summed E-state index contributed by atoms with van der Waals surface area (Å²) in [6.45, 7) is 3.52. The molecule has 1 N–H and O–H groups in total. The number of hydrogen-bond acceptors (Lipinski definition) is 3. The molecule has 0 aromatic heterocycles. The van der Waals surface area contributed by atoms with Crippen molar-refractivity contribution in [1.29, 1.82) is 0 Å². The minimum absolute atomic E-state index is 0.0417. The van der Waals surface area contributed by atoms with E-state index in [0.717, 1.165) is 0 Å². The van der Waals surface area contributed by atoms with Gasteiger partial charge < -0.3 is 5.11 Å². The minimum Gasteiger partial charge on any atom is -0.481 e. The lowest BCUT2D eigenvalue weighted by Gasteiger charge is -2.15. The van der Waals surface area contributed by atoms with Gasteiger partial charge in [-0.3, -0.25) is 4.79 Å². The highest BCUT2D eigenvalue weighted by atomic mass is 32.2. The lowest BCUT2D eigenvalue weighted by Crippen LogP contribution is -2.16. The molecule has 0 fully saturated rings. The van der Waals surface area contributed by atoms with Gasteiger partial charge in [0, 0.05) is 0 Å². The van der Waals surface area contributed by atoms with Gasteiger partial charge in [-0.15, -0.1) is 0 Å². The lowest BCUT2D eigenvalue weighted by molar-refractivity contribution is -0.138. The normalized spacial score (nSPS) is 13.2. The van der Waals surface area contributed by atoms with Crippen molar-refractivity contribution >= 4 is 15.8 Å². The molecule has 4 nitrogen and oxygen atoms in total. The van der Waals surface area contributed by atoms with Gasteiger partial charge in [-0.05, 0) is 24.5 Å². The molecule has 18 heavy (non-hydrogen) atoms. The Morgan fingerprint density at radius 1 is 1.28 bits per heavy atom. The average molecular weight is 270 g/mol. The smallest absolute Gasteiger partial charge is 0.311 e. The Morgan fingerprint density at radius 2 is 1.89 bits per heavy atom. The third-order valence-corrected chi connectivity index (χ3v) is 4.80. The summed E-state index contributed by atoms with van der Waals surface area (Å²) in [6.07, 6.45) is 0.883. The third-order valence-electron chi connectivity index (χ3n) is 2.81. The Hall–Kier alpha value is -1.36. The van der Waals surface area contributed by atoms with Crippen LogP contribution in [0.1, 0.15) is 38.2 Å². The minimum atomic E-state index is -3.39. The second-order valence-electron chi connectivity index (χ2n) is 4.16. The molecular formula is C13H18O4S. The Labute approximate surface area is 108 Å². The Kier molecular flexibility index (Phi) is 4.90. The Balaban J connectivity index is 3.35. The zero-order valence-electron chi connectivity index (χ0n) is 10.6. The molecule has 0 aliphatic rings.